The Kier molecular flexibility index (Phi) is 2.69. The highest BCUT2D eigenvalue weighted by molar-refractivity contribution is 5.31. The zero-order chi connectivity index (χ0) is 12.8. The molecule has 1 N–H and O–H groups in total. The zero-order valence-electron chi connectivity index (χ0n) is 9.18. The second-order valence-electron chi connectivity index (χ2n) is 4.61. The van der Waals surface area contributed by atoms with Crippen molar-refractivity contribution in [2.45, 2.75) is 31.5 Å². The molecule has 0 spiro atoms. The van der Waals surface area contributed by atoms with Crippen molar-refractivity contribution in [3.63, 3.8) is 0 Å². The van der Waals surface area contributed by atoms with Crippen LogP contribution in [0.4, 0.5) is 17.6 Å². The zero-order valence-corrected chi connectivity index (χ0v) is 9.18. The van der Waals surface area contributed by atoms with Gasteiger partial charge in [0.15, 0.2) is 0 Å². The highest BCUT2D eigenvalue weighted by Gasteiger charge is 2.43. The quantitative estimate of drug-likeness (QED) is 0.794. The minimum Gasteiger partial charge on any atom is -0.385 e. The van der Waals surface area contributed by atoms with Gasteiger partial charge in [-0.15, -0.1) is 0 Å². The highest BCUT2D eigenvalue weighted by Crippen LogP contribution is 2.46. The van der Waals surface area contributed by atoms with Crippen LogP contribution in [0, 0.1) is 11.7 Å². The number of halogens is 4. The maximum absolute atomic E-state index is 13.6. The fraction of sp³-hybridized carbons (Fsp3) is 0.500. The molecule has 2 rings (SSSR count). The van der Waals surface area contributed by atoms with Gasteiger partial charge < -0.3 is 5.11 Å². The molecule has 1 atom stereocenters. The molecular weight excluding hydrogens is 236 g/mol. The van der Waals surface area contributed by atoms with Crippen LogP contribution in [0.5, 0.6) is 0 Å². The predicted molar refractivity (Wildman–Crippen MR) is 53.7 cm³/mol. The SMILES string of the molecule is CC(O)(c1ccc(C(F)(F)F)cc1F)C1CC1. The van der Waals surface area contributed by atoms with E-state index in [4.69, 9.17) is 0 Å². The van der Waals surface area contributed by atoms with Crippen LogP contribution >= 0.6 is 0 Å². The summed E-state index contributed by atoms with van der Waals surface area (Å²) in [6.45, 7) is 1.44. The largest absolute Gasteiger partial charge is 0.416 e. The fourth-order valence-corrected chi connectivity index (χ4v) is 1.97. The first kappa shape index (κ1) is 12.4. The van der Waals surface area contributed by atoms with Gasteiger partial charge in [-0.2, -0.15) is 13.2 Å². The Morgan fingerprint density at radius 3 is 2.24 bits per heavy atom. The molecule has 0 heterocycles. The van der Waals surface area contributed by atoms with Gasteiger partial charge >= 0.3 is 6.18 Å². The highest BCUT2D eigenvalue weighted by atomic mass is 19.4. The minimum absolute atomic E-state index is 0.0614. The molecule has 1 aromatic rings. The Bertz CT molecular complexity index is 433. The first-order chi connectivity index (χ1) is 7.73. The molecule has 94 valence electrons. The van der Waals surface area contributed by atoms with E-state index in [-0.39, 0.29) is 11.5 Å². The Morgan fingerprint density at radius 1 is 1.24 bits per heavy atom. The van der Waals surface area contributed by atoms with Gasteiger partial charge in [0.2, 0.25) is 0 Å². The number of hydrogen-bond acceptors (Lipinski definition) is 1. The monoisotopic (exact) mass is 248 g/mol. The smallest absolute Gasteiger partial charge is 0.385 e. The van der Waals surface area contributed by atoms with Crippen LogP contribution < -0.4 is 0 Å². The lowest BCUT2D eigenvalue weighted by atomic mass is 9.90. The summed E-state index contributed by atoms with van der Waals surface area (Å²) < 4.78 is 50.6. The van der Waals surface area contributed by atoms with E-state index in [0.29, 0.717) is 6.07 Å². The standard InChI is InChI=1S/C12H12F4O/c1-11(17,7-2-3-7)9-5-4-8(6-10(9)13)12(14,15)16/h4-7,17H,2-3H2,1H3. The van der Waals surface area contributed by atoms with Crippen LogP contribution in [0.2, 0.25) is 0 Å². The van der Waals surface area contributed by atoms with Crippen LogP contribution in [-0.4, -0.2) is 5.11 Å². The Hall–Kier alpha value is -1.10. The van der Waals surface area contributed by atoms with Crippen molar-refractivity contribution in [3.8, 4) is 0 Å². The maximum Gasteiger partial charge on any atom is 0.416 e. The summed E-state index contributed by atoms with van der Waals surface area (Å²) >= 11 is 0. The molecular formula is C12H12F4O. The molecule has 0 bridgehead atoms. The summed E-state index contributed by atoms with van der Waals surface area (Å²) in [5.41, 5.74) is -2.48. The van der Waals surface area contributed by atoms with Crippen LogP contribution in [0.1, 0.15) is 30.9 Å². The van der Waals surface area contributed by atoms with Gasteiger partial charge in [0.25, 0.3) is 0 Å². The van der Waals surface area contributed by atoms with E-state index < -0.39 is 23.2 Å². The molecule has 1 fully saturated rings. The maximum atomic E-state index is 13.6. The molecule has 0 saturated heterocycles. The molecule has 17 heavy (non-hydrogen) atoms. The summed E-state index contributed by atoms with van der Waals surface area (Å²) in [5.74, 6) is -1.06. The Labute approximate surface area is 96.1 Å². The third-order valence-electron chi connectivity index (χ3n) is 3.21. The van der Waals surface area contributed by atoms with Gasteiger partial charge in [0, 0.05) is 5.56 Å². The molecule has 1 unspecified atom stereocenters. The third kappa shape index (κ3) is 2.29. The van der Waals surface area contributed by atoms with E-state index >= 15 is 0 Å². The molecule has 1 nitrogen and oxygen atoms in total. The molecule has 1 aliphatic rings. The second kappa shape index (κ2) is 3.70. The van der Waals surface area contributed by atoms with Crippen molar-refractivity contribution in [2.24, 2.45) is 5.92 Å². The number of hydrogen-bond donors (Lipinski definition) is 1. The van der Waals surface area contributed by atoms with E-state index in [0.717, 1.165) is 25.0 Å². The third-order valence-corrected chi connectivity index (χ3v) is 3.21. The Balaban J connectivity index is 2.38. The molecule has 0 radical (unpaired) electrons. The van der Waals surface area contributed by atoms with Crippen molar-refractivity contribution in [2.75, 3.05) is 0 Å². The van der Waals surface area contributed by atoms with Crippen LogP contribution in [0.25, 0.3) is 0 Å². The molecule has 5 heteroatoms. The van der Waals surface area contributed by atoms with Gasteiger partial charge in [0.05, 0.1) is 11.2 Å². The van der Waals surface area contributed by atoms with Gasteiger partial charge in [0.1, 0.15) is 5.82 Å². The first-order valence-corrected chi connectivity index (χ1v) is 5.32. The fourth-order valence-electron chi connectivity index (χ4n) is 1.97. The average molecular weight is 248 g/mol. The lowest BCUT2D eigenvalue weighted by Gasteiger charge is -2.24. The van der Waals surface area contributed by atoms with Gasteiger partial charge in [-0.3, -0.25) is 0 Å². The Morgan fingerprint density at radius 2 is 1.82 bits per heavy atom. The number of benzene rings is 1. The molecule has 0 amide bonds. The number of rotatable bonds is 2. The van der Waals surface area contributed by atoms with Crippen molar-refractivity contribution in [1.82, 2.24) is 0 Å². The summed E-state index contributed by atoms with van der Waals surface area (Å²) in [6.07, 6.45) is -3.02. The molecule has 1 saturated carbocycles. The van der Waals surface area contributed by atoms with Crippen LogP contribution in [0.15, 0.2) is 18.2 Å². The predicted octanol–water partition coefficient (Wildman–Crippen LogP) is 3.46. The summed E-state index contributed by atoms with van der Waals surface area (Å²) in [4.78, 5) is 0. The van der Waals surface area contributed by atoms with E-state index in [9.17, 15) is 22.7 Å². The molecule has 0 aromatic heterocycles. The van der Waals surface area contributed by atoms with Crippen molar-refractivity contribution >= 4 is 0 Å². The van der Waals surface area contributed by atoms with Crippen LogP contribution in [0.3, 0.4) is 0 Å². The van der Waals surface area contributed by atoms with E-state index in [1.54, 1.807) is 0 Å². The van der Waals surface area contributed by atoms with E-state index in [1.165, 1.54) is 6.92 Å². The van der Waals surface area contributed by atoms with Gasteiger partial charge in [-0.1, -0.05) is 6.07 Å². The molecule has 1 aliphatic carbocycles. The first-order valence-electron chi connectivity index (χ1n) is 5.32. The molecule has 0 aliphatic heterocycles. The summed E-state index contributed by atoms with van der Waals surface area (Å²) in [7, 11) is 0. The summed E-state index contributed by atoms with van der Waals surface area (Å²) in [5, 5.41) is 10.1. The van der Waals surface area contributed by atoms with Crippen molar-refractivity contribution in [1.29, 1.82) is 0 Å². The minimum atomic E-state index is -4.56. The van der Waals surface area contributed by atoms with Crippen LogP contribution in [-0.2, 0) is 11.8 Å². The molecule has 1 aromatic carbocycles. The number of aliphatic hydroxyl groups is 1. The van der Waals surface area contributed by atoms with E-state index in [2.05, 4.69) is 0 Å². The lowest BCUT2D eigenvalue weighted by molar-refractivity contribution is -0.137. The van der Waals surface area contributed by atoms with E-state index in [1.807, 2.05) is 0 Å². The van der Waals surface area contributed by atoms with Gasteiger partial charge in [-0.05, 0) is 37.8 Å². The topological polar surface area (TPSA) is 20.2 Å². The van der Waals surface area contributed by atoms with Gasteiger partial charge in [-0.25, -0.2) is 4.39 Å². The van der Waals surface area contributed by atoms with Crippen molar-refractivity contribution in [3.05, 3.63) is 35.1 Å². The summed E-state index contributed by atoms with van der Waals surface area (Å²) in [6, 6.07) is 2.26. The normalized spacial score (nSPS) is 20.1. The lowest BCUT2D eigenvalue weighted by Crippen LogP contribution is -2.25. The average Bonchev–Trinajstić information content (AvgIpc) is 2.98. The number of alkyl halides is 3. The van der Waals surface area contributed by atoms with Crippen molar-refractivity contribution < 1.29 is 22.7 Å². The second-order valence-corrected chi connectivity index (χ2v) is 4.61.